The van der Waals surface area contributed by atoms with Gasteiger partial charge in [-0.3, -0.25) is 4.72 Å². The van der Waals surface area contributed by atoms with Crippen LogP contribution in [0.1, 0.15) is 0 Å². The van der Waals surface area contributed by atoms with Gasteiger partial charge >= 0.3 is 0 Å². The van der Waals surface area contributed by atoms with E-state index in [0.717, 1.165) is 4.47 Å². The zero-order valence-electron chi connectivity index (χ0n) is 10.4. The van der Waals surface area contributed by atoms with Gasteiger partial charge in [-0.15, -0.1) is 0 Å². The first kappa shape index (κ1) is 15.3. The number of hydrogen-bond acceptors (Lipinski definition) is 4. The van der Waals surface area contributed by atoms with Crippen LogP contribution in [-0.2, 0) is 10.0 Å². The van der Waals surface area contributed by atoms with Crippen LogP contribution in [-0.4, -0.2) is 20.4 Å². The van der Waals surface area contributed by atoms with Crippen molar-refractivity contribution >= 4 is 53.4 Å². The molecule has 5 nitrogen and oxygen atoms in total. The van der Waals surface area contributed by atoms with Gasteiger partial charge in [-0.05, 0) is 46.3 Å². The third-order valence-electron chi connectivity index (χ3n) is 2.47. The van der Waals surface area contributed by atoms with Crippen molar-refractivity contribution in [1.82, 2.24) is 4.98 Å². The Bertz CT molecular complexity index is 735. The summed E-state index contributed by atoms with van der Waals surface area (Å²) in [5, 5.41) is 2.76. The minimum Gasteiger partial charge on any atom is -0.372 e. The fourth-order valence-electron chi connectivity index (χ4n) is 1.57. The van der Waals surface area contributed by atoms with Crippen molar-refractivity contribution in [3.05, 3.63) is 45.5 Å². The van der Waals surface area contributed by atoms with Gasteiger partial charge in [0.1, 0.15) is 10.7 Å². The van der Waals surface area contributed by atoms with Gasteiger partial charge in [0.25, 0.3) is 10.0 Å². The molecule has 0 aliphatic heterocycles. The summed E-state index contributed by atoms with van der Waals surface area (Å²) in [6.07, 6.45) is 1.53. The normalized spacial score (nSPS) is 11.2. The van der Waals surface area contributed by atoms with Gasteiger partial charge in [-0.2, -0.15) is 0 Å². The smallest absolute Gasteiger partial charge is 0.265 e. The average molecular weight is 421 g/mol. The second-order valence-corrected chi connectivity index (χ2v) is 7.25. The highest BCUT2D eigenvalue weighted by Gasteiger charge is 2.19. The van der Waals surface area contributed by atoms with Gasteiger partial charge in [0.15, 0.2) is 0 Å². The number of rotatable bonds is 4. The molecule has 1 aromatic heterocycles. The van der Waals surface area contributed by atoms with Crippen LogP contribution in [0.3, 0.4) is 0 Å². The summed E-state index contributed by atoms with van der Waals surface area (Å²) in [4.78, 5) is 4.09. The van der Waals surface area contributed by atoms with Gasteiger partial charge < -0.3 is 5.32 Å². The topological polar surface area (TPSA) is 71.1 Å². The van der Waals surface area contributed by atoms with Crippen LogP contribution < -0.4 is 10.0 Å². The number of aromatic nitrogens is 1. The molecular weight excluding hydrogens is 410 g/mol. The summed E-state index contributed by atoms with van der Waals surface area (Å²) in [5.74, 6) is 0.299. The molecule has 0 fully saturated rings. The summed E-state index contributed by atoms with van der Waals surface area (Å²) in [5.41, 5.74) is 0.458. The van der Waals surface area contributed by atoms with Gasteiger partial charge in [0.05, 0.1) is 5.69 Å². The summed E-state index contributed by atoms with van der Waals surface area (Å²) in [6, 6.07) is 8.26. The van der Waals surface area contributed by atoms with Gasteiger partial charge in [-0.1, -0.05) is 15.9 Å². The second kappa shape index (κ2) is 6.11. The number of nitrogens with one attached hydrogen (secondary N) is 2. The lowest BCUT2D eigenvalue weighted by Crippen LogP contribution is -2.15. The summed E-state index contributed by atoms with van der Waals surface area (Å²) < 4.78 is 28.8. The van der Waals surface area contributed by atoms with E-state index in [9.17, 15) is 8.42 Å². The van der Waals surface area contributed by atoms with Crippen LogP contribution in [0.2, 0.25) is 0 Å². The minimum absolute atomic E-state index is 0.0947. The first-order valence-corrected chi connectivity index (χ1v) is 8.61. The van der Waals surface area contributed by atoms with E-state index in [4.69, 9.17) is 0 Å². The lowest BCUT2D eigenvalue weighted by molar-refractivity contribution is 0.601. The molecular formula is C12H11Br2N3O2S. The van der Waals surface area contributed by atoms with Crippen molar-refractivity contribution in [1.29, 1.82) is 0 Å². The molecule has 1 aromatic carbocycles. The molecule has 8 heteroatoms. The predicted octanol–water partition coefficient (Wildman–Crippen LogP) is 3.45. The molecule has 0 unspecified atom stereocenters. The molecule has 0 saturated heterocycles. The molecule has 106 valence electrons. The van der Waals surface area contributed by atoms with Crippen molar-refractivity contribution < 1.29 is 8.42 Å². The Morgan fingerprint density at radius 1 is 1.20 bits per heavy atom. The number of sulfonamides is 1. The van der Waals surface area contributed by atoms with E-state index in [0.29, 0.717) is 16.0 Å². The van der Waals surface area contributed by atoms with Crippen LogP contribution in [0.4, 0.5) is 11.5 Å². The number of nitrogens with zero attached hydrogens (tertiary/aromatic N) is 1. The zero-order valence-corrected chi connectivity index (χ0v) is 14.4. The Morgan fingerprint density at radius 3 is 2.60 bits per heavy atom. The summed E-state index contributed by atoms with van der Waals surface area (Å²) in [6.45, 7) is 0. The van der Waals surface area contributed by atoms with Crippen LogP contribution in [0.15, 0.2) is 50.4 Å². The minimum atomic E-state index is -3.71. The second-order valence-electron chi connectivity index (χ2n) is 3.83. The van der Waals surface area contributed by atoms with E-state index in [1.807, 2.05) is 0 Å². The van der Waals surface area contributed by atoms with E-state index in [2.05, 4.69) is 46.9 Å². The highest BCUT2D eigenvalue weighted by Crippen LogP contribution is 2.29. The highest BCUT2D eigenvalue weighted by atomic mass is 79.9. The molecule has 0 aliphatic rings. The maximum Gasteiger partial charge on any atom is 0.265 e. The van der Waals surface area contributed by atoms with Crippen LogP contribution in [0.25, 0.3) is 0 Å². The van der Waals surface area contributed by atoms with Crippen molar-refractivity contribution in [2.45, 2.75) is 4.90 Å². The first-order chi connectivity index (χ1) is 9.44. The van der Waals surface area contributed by atoms with Gasteiger partial charge in [0.2, 0.25) is 0 Å². The standard InChI is InChI=1S/C12H11Br2N3O2S/c1-15-12-11(3-2-6-16-12)20(18,19)17-10-5-4-8(13)7-9(10)14/h2-7,17H,1H3,(H,15,16). The maximum atomic E-state index is 12.4. The molecule has 0 radical (unpaired) electrons. The van der Waals surface area contributed by atoms with Crippen LogP contribution in [0, 0.1) is 0 Å². The van der Waals surface area contributed by atoms with Gasteiger partial charge in [0, 0.05) is 22.2 Å². The Hall–Kier alpha value is -1.12. The molecule has 0 bridgehead atoms. The fourth-order valence-corrected chi connectivity index (χ4v) is 4.09. The van der Waals surface area contributed by atoms with Crippen molar-refractivity contribution in [2.75, 3.05) is 17.1 Å². The van der Waals surface area contributed by atoms with E-state index in [1.54, 1.807) is 31.3 Å². The Kier molecular flexibility index (Phi) is 4.66. The Balaban J connectivity index is 2.41. The molecule has 0 amide bonds. The molecule has 20 heavy (non-hydrogen) atoms. The van der Waals surface area contributed by atoms with Crippen LogP contribution >= 0.6 is 31.9 Å². The van der Waals surface area contributed by atoms with Gasteiger partial charge in [-0.25, -0.2) is 13.4 Å². The molecule has 2 N–H and O–H groups in total. The number of benzene rings is 1. The lowest BCUT2D eigenvalue weighted by Gasteiger charge is -2.12. The lowest BCUT2D eigenvalue weighted by atomic mass is 10.3. The highest BCUT2D eigenvalue weighted by molar-refractivity contribution is 9.11. The first-order valence-electron chi connectivity index (χ1n) is 5.54. The molecule has 0 aliphatic carbocycles. The molecule has 2 rings (SSSR count). The third kappa shape index (κ3) is 3.31. The van der Waals surface area contributed by atoms with Crippen LogP contribution in [0.5, 0.6) is 0 Å². The fraction of sp³-hybridized carbons (Fsp3) is 0.0833. The molecule has 0 saturated carbocycles. The van der Waals surface area contributed by atoms with Crippen molar-refractivity contribution in [3.8, 4) is 0 Å². The number of halogens is 2. The van der Waals surface area contributed by atoms with Crippen molar-refractivity contribution in [3.63, 3.8) is 0 Å². The Morgan fingerprint density at radius 2 is 1.95 bits per heavy atom. The number of anilines is 2. The quantitative estimate of drug-likeness (QED) is 0.794. The number of hydrogen-bond donors (Lipinski definition) is 2. The average Bonchev–Trinajstić information content (AvgIpc) is 2.42. The molecule has 0 atom stereocenters. The third-order valence-corrected chi connectivity index (χ3v) is 5.02. The monoisotopic (exact) mass is 419 g/mol. The maximum absolute atomic E-state index is 12.4. The summed E-state index contributed by atoms with van der Waals surface area (Å²) in [7, 11) is -2.09. The van der Waals surface area contributed by atoms with E-state index in [1.165, 1.54) is 12.3 Å². The van der Waals surface area contributed by atoms with Crippen molar-refractivity contribution in [2.24, 2.45) is 0 Å². The summed E-state index contributed by atoms with van der Waals surface area (Å²) >= 11 is 6.64. The molecule has 1 heterocycles. The van der Waals surface area contributed by atoms with E-state index >= 15 is 0 Å². The van der Waals surface area contributed by atoms with E-state index in [-0.39, 0.29) is 4.90 Å². The molecule has 2 aromatic rings. The Labute approximate surface area is 134 Å². The van der Waals surface area contributed by atoms with E-state index < -0.39 is 10.0 Å². The largest absolute Gasteiger partial charge is 0.372 e. The SMILES string of the molecule is CNc1ncccc1S(=O)(=O)Nc1ccc(Br)cc1Br. The predicted molar refractivity (Wildman–Crippen MR) is 86.4 cm³/mol. The molecule has 0 spiro atoms. The number of pyridine rings is 1. The zero-order chi connectivity index (χ0) is 14.8.